The van der Waals surface area contributed by atoms with Gasteiger partial charge in [0.05, 0.1) is 13.2 Å². The van der Waals surface area contributed by atoms with Gasteiger partial charge in [-0.25, -0.2) is 0 Å². The van der Waals surface area contributed by atoms with Crippen LogP contribution in [-0.2, 0) is 6.42 Å². The molecule has 3 heteroatoms. The summed E-state index contributed by atoms with van der Waals surface area (Å²) in [4.78, 5) is 3.34. The second-order valence-electron chi connectivity index (χ2n) is 3.80. The smallest absolute Gasteiger partial charge is 0.120 e. The van der Waals surface area contributed by atoms with Crippen molar-refractivity contribution in [2.45, 2.75) is 19.8 Å². The highest BCUT2D eigenvalue weighted by molar-refractivity contribution is 5.85. The zero-order valence-electron chi connectivity index (χ0n) is 9.50. The number of methoxy groups -OCH3 is 1. The summed E-state index contributed by atoms with van der Waals surface area (Å²) in [7, 11) is 1.66. The lowest BCUT2D eigenvalue weighted by atomic mass is 10.1. The van der Waals surface area contributed by atoms with E-state index in [1.54, 1.807) is 7.11 Å². The van der Waals surface area contributed by atoms with Crippen molar-refractivity contribution in [1.82, 2.24) is 4.98 Å². The Kier molecular flexibility index (Phi) is 2.82. The third-order valence-corrected chi connectivity index (χ3v) is 2.86. The summed E-state index contributed by atoms with van der Waals surface area (Å²) in [5, 5.41) is 9.79. The first kappa shape index (κ1) is 10.6. The first-order chi connectivity index (χ1) is 7.76. The highest BCUT2D eigenvalue weighted by Gasteiger charge is 2.07. The third kappa shape index (κ3) is 1.74. The van der Waals surface area contributed by atoms with Gasteiger partial charge in [0.1, 0.15) is 5.75 Å². The number of fused-ring (bicyclic) bond motifs is 1. The molecule has 0 atom stereocenters. The molecule has 0 aliphatic rings. The number of ether oxygens (including phenoxy) is 1. The van der Waals surface area contributed by atoms with E-state index in [1.165, 1.54) is 10.9 Å². The van der Waals surface area contributed by atoms with E-state index in [2.05, 4.69) is 24.0 Å². The first-order valence-electron chi connectivity index (χ1n) is 5.28. The molecule has 82 valence electrons. The Morgan fingerprint density at radius 2 is 2.25 bits per heavy atom. The average Bonchev–Trinajstić information content (AvgIpc) is 2.63. The fourth-order valence-electron chi connectivity index (χ4n) is 1.93. The van der Waals surface area contributed by atoms with E-state index < -0.39 is 0 Å². The Hall–Kier alpha value is -1.95. The van der Waals surface area contributed by atoms with Gasteiger partial charge >= 0.3 is 0 Å². The Balaban J connectivity index is 2.46. The van der Waals surface area contributed by atoms with Crippen molar-refractivity contribution in [3.63, 3.8) is 0 Å². The van der Waals surface area contributed by atoms with E-state index in [9.17, 15) is 0 Å². The largest absolute Gasteiger partial charge is 0.497 e. The van der Waals surface area contributed by atoms with Crippen LogP contribution in [0.15, 0.2) is 18.2 Å². The van der Waals surface area contributed by atoms with Crippen molar-refractivity contribution in [3.05, 3.63) is 29.5 Å². The lowest BCUT2D eigenvalue weighted by molar-refractivity contribution is 0.415. The topological polar surface area (TPSA) is 48.8 Å². The number of aryl methyl sites for hydroxylation is 2. The van der Waals surface area contributed by atoms with Crippen LogP contribution >= 0.6 is 0 Å². The minimum atomic E-state index is 0.546. The highest BCUT2D eigenvalue weighted by atomic mass is 16.5. The Bertz CT molecular complexity index is 549. The van der Waals surface area contributed by atoms with Crippen LogP contribution in [0.25, 0.3) is 10.9 Å². The van der Waals surface area contributed by atoms with Gasteiger partial charge in [0.2, 0.25) is 0 Å². The molecule has 1 N–H and O–H groups in total. The minimum absolute atomic E-state index is 0.546. The van der Waals surface area contributed by atoms with Crippen LogP contribution in [0.1, 0.15) is 17.7 Å². The van der Waals surface area contributed by atoms with Crippen LogP contribution in [0.5, 0.6) is 5.75 Å². The summed E-state index contributed by atoms with van der Waals surface area (Å²) in [5.74, 6) is 0.848. The van der Waals surface area contributed by atoms with Crippen molar-refractivity contribution in [3.8, 4) is 11.8 Å². The fraction of sp³-hybridized carbons (Fsp3) is 0.308. The summed E-state index contributed by atoms with van der Waals surface area (Å²) < 4.78 is 5.18. The Labute approximate surface area is 94.7 Å². The van der Waals surface area contributed by atoms with Crippen molar-refractivity contribution in [2.24, 2.45) is 0 Å². The molecule has 1 heterocycles. The number of H-pyrrole nitrogens is 1. The molecular formula is C13H14N2O. The number of nitrogens with one attached hydrogen (secondary N) is 1. The molecule has 0 saturated heterocycles. The molecule has 1 aromatic carbocycles. The maximum atomic E-state index is 8.59. The molecule has 0 fully saturated rings. The molecule has 2 aromatic rings. The SMILES string of the molecule is COc1ccc2c(C)c(CCC#N)[nH]c2c1. The monoisotopic (exact) mass is 214 g/mol. The van der Waals surface area contributed by atoms with E-state index >= 15 is 0 Å². The van der Waals surface area contributed by atoms with E-state index in [-0.39, 0.29) is 0 Å². The Morgan fingerprint density at radius 1 is 1.44 bits per heavy atom. The number of nitrogens with zero attached hydrogens (tertiary/aromatic N) is 1. The second-order valence-corrected chi connectivity index (χ2v) is 3.80. The zero-order valence-corrected chi connectivity index (χ0v) is 9.50. The number of aromatic nitrogens is 1. The molecule has 0 unspecified atom stereocenters. The maximum Gasteiger partial charge on any atom is 0.120 e. The molecule has 0 aliphatic carbocycles. The molecule has 0 bridgehead atoms. The number of hydrogen-bond donors (Lipinski definition) is 1. The van der Waals surface area contributed by atoms with Gasteiger partial charge in [-0.1, -0.05) is 0 Å². The van der Waals surface area contributed by atoms with E-state index in [4.69, 9.17) is 10.00 Å². The first-order valence-corrected chi connectivity index (χ1v) is 5.28. The molecule has 0 saturated carbocycles. The number of rotatable bonds is 3. The standard InChI is InChI=1S/C13H14N2O/c1-9-11-6-5-10(16-2)8-13(11)15-12(9)4-3-7-14/h5-6,8,15H,3-4H2,1-2H3. The average molecular weight is 214 g/mol. The minimum Gasteiger partial charge on any atom is -0.497 e. The molecule has 0 aliphatic heterocycles. The van der Waals surface area contributed by atoms with Gasteiger partial charge in [-0.3, -0.25) is 0 Å². The lowest BCUT2D eigenvalue weighted by Gasteiger charge is -1.98. The molecular weight excluding hydrogens is 200 g/mol. The highest BCUT2D eigenvalue weighted by Crippen LogP contribution is 2.26. The van der Waals surface area contributed by atoms with Gasteiger partial charge in [-0.05, 0) is 24.6 Å². The van der Waals surface area contributed by atoms with Crippen LogP contribution in [-0.4, -0.2) is 12.1 Å². The van der Waals surface area contributed by atoms with Crippen LogP contribution in [0, 0.1) is 18.3 Å². The van der Waals surface area contributed by atoms with E-state index in [1.807, 2.05) is 12.1 Å². The lowest BCUT2D eigenvalue weighted by Crippen LogP contribution is -1.85. The summed E-state index contributed by atoms with van der Waals surface area (Å²) >= 11 is 0. The summed E-state index contributed by atoms with van der Waals surface area (Å²) in [6, 6.07) is 8.16. The fourth-order valence-corrected chi connectivity index (χ4v) is 1.93. The van der Waals surface area contributed by atoms with Crippen molar-refractivity contribution in [2.75, 3.05) is 7.11 Å². The molecule has 0 radical (unpaired) electrons. The molecule has 0 amide bonds. The van der Waals surface area contributed by atoms with Crippen LogP contribution in [0.2, 0.25) is 0 Å². The van der Waals surface area contributed by atoms with Crippen LogP contribution < -0.4 is 4.74 Å². The van der Waals surface area contributed by atoms with Crippen LogP contribution in [0.4, 0.5) is 0 Å². The molecule has 3 nitrogen and oxygen atoms in total. The van der Waals surface area contributed by atoms with Gasteiger partial charge < -0.3 is 9.72 Å². The predicted octanol–water partition coefficient (Wildman–Crippen LogP) is 2.94. The van der Waals surface area contributed by atoms with Crippen LogP contribution in [0.3, 0.4) is 0 Å². The summed E-state index contributed by atoms with van der Waals surface area (Å²) in [6.07, 6.45) is 1.32. The normalized spacial score (nSPS) is 10.3. The quantitative estimate of drug-likeness (QED) is 0.853. The van der Waals surface area contributed by atoms with Gasteiger partial charge in [0, 0.05) is 35.5 Å². The van der Waals surface area contributed by atoms with Gasteiger partial charge in [-0.2, -0.15) is 5.26 Å². The number of nitriles is 1. The predicted molar refractivity (Wildman–Crippen MR) is 63.5 cm³/mol. The molecule has 2 rings (SSSR count). The van der Waals surface area contributed by atoms with Gasteiger partial charge in [0.15, 0.2) is 0 Å². The third-order valence-electron chi connectivity index (χ3n) is 2.86. The number of benzene rings is 1. The van der Waals surface area contributed by atoms with Gasteiger partial charge in [-0.15, -0.1) is 0 Å². The van der Waals surface area contributed by atoms with Crippen molar-refractivity contribution in [1.29, 1.82) is 5.26 Å². The Morgan fingerprint density at radius 3 is 2.94 bits per heavy atom. The zero-order chi connectivity index (χ0) is 11.5. The summed E-state index contributed by atoms with van der Waals surface area (Å²) in [5.41, 5.74) is 3.45. The molecule has 1 aromatic heterocycles. The van der Waals surface area contributed by atoms with E-state index in [0.29, 0.717) is 6.42 Å². The van der Waals surface area contributed by atoms with Crippen molar-refractivity contribution >= 4 is 10.9 Å². The second kappa shape index (κ2) is 4.28. The van der Waals surface area contributed by atoms with Crippen molar-refractivity contribution < 1.29 is 4.74 Å². The molecule has 0 spiro atoms. The number of hydrogen-bond acceptors (Lipinski definition) is 2. The number of aromatic amines is 1. The molecule has 16 heavy (non-hydrogen) atoms. The van der Waals surface area contributed by atoms with E-state index in [0.717, 1.165) is 23.4 Å². The maximum absolute atomic E-state index is 8.59. The van der Waals surface area contributed by atoms with Gasteiger partial charge in [0.25, 0.3) is 0 Å². The summed E-state index contributed by atoms with van der Waals surface area (Å²) in [6.45, 7) is 2.08.